The van der Waals surface area contributed by atoms with E-state index in [0.29, 0.717) is 37.5 Å². The van der Waals surface area contributed by atoms with E-state index < -0.39 is 0 Å². The molecule has 0 unspecified atom stereocenters. The molecule has 5 aromatic rings. The molecule has 0 aliphatic carbocycles. The van der Waals surface area contributed by atoms with Crippen LogP contribution in [0.3, 0.4) is 0 Å². The zero-order valence-electron chi connectivity index (χ0n) is 30.4. The van der Waals surface area contributed by atoms with Gasteiger partial charge in [0, 0.05) is 69.2 Å². The van der Waals surface area contributed by atoms with Gasteiger partial charge in [0.15, 0.2) is 10.9 Å². The second-order valence-corrected chi connectivity index (χ2v) is 17.6. The minimum Gasteiger partial charge on any atom is -0.345 e. The summed E-state index contributed by atoms with van der Waals surface area (Å²) in [7, 11) is 0. The molecular weight excluding hydrogens is 804 g/mol. The minimum atomic E-state index is -0.0824. The molecule has 1 aromatic heterocycles. The SMILES string of the molecule is CC(=O)N1CCN(c2nc(-c3ccc(Sc4ccccc4C(C)C)c(Cl)c3Cl)cs2)CC1.CC(=O)c1ccc(Sc2ccccc2C(C)C)c(Cl)c1Cl. The van der Waals surface area contributed by atoms with Crippen LogP contribution in [0, 0.1) is 0 Å². The summed E-state index contributed by atoms with van der Waals surface area (Å²) >= 11 is 30.7. The first-order valence-corrected chi connectivity index (χ1v) is 21.3. The molecule has 1 aliphatic heterocycles. The highest BCUT2D eigenvalue weighted by Crippen LogP contribution is 2.45. The third kappa shape index (κ3) is 10.1. The summed E-state index contributed by atoms with van der Waals surface area (Å²) in [6, 6.07) is 24.2. The monoisotopic (exact) mass is 843 g/mol. The van der Waals surface area contributed by atoms with Crippen LogP contribution in [0.5, 0.6) is 0 Å². The summed E-state index contributed by atoms with van der Waals surface area (Å²) in [4.78, 5) is 36.1. The van der Waals surface area contributed by atoms with Crippen LogP contribution in [0.25, 0.3) is 11.3 Å². The summed E-state index contributed by atoms with van der Waals surface area (Å²) in [5.74, 6) is 0.901. The summed E-state index contributed by atoms with van der Waals surface area (Å²) in [6.07, 6.45) is 0. The summed E-state index contributed by atoms with van der Waals surface area (Å²) in [5.41, 5.74) is 4.68. The van der Waals surface area contributed by atoms with Crippen LogP contribution < -0.4 is 4.90 Å². The molecule has 4 aromatic carbocycles. The van der Waals surface area contributed by atoms with E-state index in [1.165, 1.54) is 22.9 Å². The number of halogens is 4. The average molecular weight is 846 g/mol. The van der Waals surface area contributed by atoms with E-state index in [0.717, 1.165) is 57.3 Å². The van der Waals surface area contributed by atoms with E-state index in [2.05, 4.69) is 62.9 Å². The fourth-order valence-electron chi connectivity index (χ4n) is 5.77. The van der Waals surface area contributed by atoms with Gasteiger partial charge in [-0.3, -0.25) is 9.59 Å². The second-order valence-electron chi connectivity index (χ2n) is 13.1. The second kappa shape index (κ2) is 18.8. The molecule has 1 aliphatic rings. The average Bonchev–Trinajstić information content (AvgIpc) is 3.63. The van der Waals surface area contributed by atoms with Crippen LogP contribution in [-0.4, -0.2) is 47.8 Å². The van der Waals surface area contributed by atoms with Crippen molar-refractivity contribution in [2.45, 2.75) is 73.0 Å². The lowest BCUT2D eigenvalue weighted by Gasteiger charge is -2.33. The molecule has 0 atom stereocenters. The van der Waals surface area contributed by atoms with Gasteiger partial charge in [0.05, 0.1) is 25.8 Å². The van der Waals surface area contributed by atoms with Crippen molar-refractivity contribution in [2.75, 3.05) is 31.1 Å². The van der Waals surface area contributed by atoms with E-state index in [1.54, 1.807) is 47.9 Å². The molecule has 0 N–H and O–H groups in total. The normalized spacial score (nSPS) is 13.0. The number of aromatic nitrogens is 1. The van der Waals surface area contributed by atoms with Gasteiger partial charge in [-0.15, -0.1) is 11.3 Å². The van der Waals surface area contributed by atoms with Gasteiger partial charge in [-0.25, -0.2) is 4.98 Å². The van der Waals surface area contributed by atoms with Gasteiger partial charge in [0.1, 0.15) is 0 Å². The maximum absolute atomic E-state index is 11.6. The lowest BCUT2D eigenvalue weighted by Crippen LogP contribution is -2.48. The quantitative estimate of drug-likeness (QED) is 0.138. The first-order chi connectivity index (χ1) is 25.3. The van der Waals surface area contributed by atoms with E-state index in [4.69, 9.17) is 51.4 Å². The van der Waals surface area contributed by atoms with Gasteiger partial charge in [-0.1, -0.05) is 140 Å². The van der Waals surface area contributed by atoms with Crippen molar-refractivity contribution >= 4 is 98.1 Å². The molecule has 278 valence electrons. The number of piperazine rings is 1. The Bertz CT molecular complexity index is 2100. The first kappa shape index (κ1) is 41.5. The fourth-order valence-corrected chi connectivity index (χ4v) is 10.2. The number of Topliss-reactive ketones (excluding diaryl/α,β-unsaturated/α-hetero) is 1. The number of thiazole rings is 1. The van der Waals surface area contributed by atoms with Crippen molar-refractivity contribution in [2.24, 2.45) is 0 Å². The molecule has 2 heterocycles. The molecule has 0 radical (unpaired) electrons. The van der Waals surface area contributed by atoms with Crippen LogP contribution in [0.15, 0.2) is 97.8 Å². The van der Waals surface area contributed by atoms with E-state index in [9.17, 15) is 9.59 Å². The molecule has 1 amide bonds. The van der Waals surface area contributed by atoms with Gasteiger partial charge in [0.2, 0.25) is 5.91 Å². The Balaban J connectivity index is 0.000000224. The number of amides is 1. The number of hydrogen-bond acceptors (Lipinski definition) is 7. The molecular formula is C41H41Cl4N3O2S3. The number of nitrogens with zero attached hydrogens (tertiary/aromatic N) is 3. The first-order valence-electron chi connectivity index (χ1n) is 17.2. The summed E-state index contributed by atoms with van der Waals surface area (Å²) in [5, 5.41) is 4.81. The van der Waals surface area contributed by atoms with Crippen LogP contribution in [0.1, 0.15) is 74.9 Å². The standard InChI is InChI=1S/C24H25Cl2N3OS2.C17H16Cl2OS/c1-15(2)17-6-4-5-7-20(17)32-21-9-8-18(22(25)23(21)26)19-14-31-24(27-19)29-12-10-28(11-13-29)16(3)30;1-10(2)12-6-4-5-7-14(12)21-15-9-8-13(11(3)20)16(18)17(15)19/h4-9,14-15H,10-13H2,1-3H3;4-10H,1-3H3. The topological polar surface area (TPSA) is 53.5 Å². The highest BCUT2D eigenvalue weighted by atomic mass is 35.5. The van der Waals surface area contributed by atoms with Gasteiger partial charge >= 0.3 is 0 Å². The predicted molar refractivity (Wildman–Crippen MR) is 228 cm³/mol. The van der Waals surface area contributed by atoms with E-state index in [1.807, 2.05) is 46.7 Å². The Kier molecular flexibility index (Phi) is 14.7. The van der Waals surface area contributed by atoms with Crippen molar-refractivity contribution in [3.8, 4) is 11.3 Å². The van der Waals surface area contributed by atoms with Gasteiger partial charge < -0.3 is 9.80 Å². The highest BCUT2D eigenvalue weighted by molar-refractivity contribution is 7.99. The Morgan fingerprint density at radius 3 is 1.68 bits per heavy atom. The molecule has 12 heteroatoms. The molecule has 53 heavy (non-hydrogen) atoms. The largest absolute Gasteiger partial charge is 0.345 e. The number of benzene rings is 4. The number of rotatable bonds is 9. The Morgan fingerprint density at radius 1 is 0.660 bits per heavy atom. The maximum Gasteiger partial charge on any atom is 0.219 e. The third-order valence-corrected chi connectivity index (χ3v) is 14.0. The van der Waals surface area contributed by atoms with Gasteiger partial charge in [-0.2, -0.15) is 0 Å². The molecule has 6 rings (SSSR count). The maximum atomic E-state index is 11.6. The van der Waals surface area contributed by atoms with Crippen LogP contribution in [0.4, 0.5) is 5.13 Å². The number of hydrogen-bond donors (Lipinski definition) is 0. The number of carbonyl (C=O) groups is 2. The molecule has 5 nitrogen and oxygen atoms in total. The van der Waals surface area contributed by atoms with E-state index in [-0.39, 0.29) is 11.7 Å². The lowest BCUT2D eigenvalue weighted by atomic mass is 10.0. The van der Waals surface area contributed by atoms with Crippen LogP contribution >= 0.6 is 81.3 Å². The Hall–Kier alpha value is -2.69. The molecule has 0 saturated carbocycles. The van der Waals surface area contributed by atoms with Crippen molar-refractivity contribution in [1.82, 2.24) is 9.88 Å². The van der Waals surface area contributed by atoms with Crippen LogP contribution in [0.2, 0.25) is 20.1 Å². The third-order valence-electron chi connectivity index (χ3n) is 8.76. The zero-order valence-corrected chi connectivity index (χ0v) is 35.9. The Labute approximate surface area is 345 Å². The van der Waals surface area contributed by atoms with Gasteiger partial charge in [-0.05, 0) is 60.2 Å². The summed E-state index contributed by atoms with van der Waals surface area (Å²) < 4.78 is 0. The highest BCUT2D eigenvalue weighted by Gasteiger charge is 2.22. The van der Waals surface area contributed by atoms with Crippen molar-refractivity contribution in [3.05, 3.63) is 115 Å². The molecule has 0 bridgehead atoms. The van der Waals surface area contributed by atoms with E-state index >= 15 is 0 Å². The number of anilines is 1. The Morgan fingerprint density at radius 2 is 1.17 bits per heavy atom. The van der Waals surface area contributed by atoms with Crippen molar-refractivity contribution in [1.29, 1.82) is 0 Å². The fraction of sp³-hybridized carbons (Fsp3) is 0.293. The van der Waals surface area contributed by atoms with Crippen LogP contribution in [-0.2, 0) is 4.79 Å². The zero-order chi connectivity index (χ0) is 38.4. The number of carbonyl (C=O) groups excluding carboxylic acids is 2. The molecule has 1 saturated heterocycles. The minimum absolute atomic E-state index is 0.0824. The molecule has 0 spiro atoms. The lowest BCUT2D eigenvalue weighted by molar-refractivity contribution is -0.129. The predicted octanol–water partition coefficient (Wildman–Crippen LogP) is 13.5. The number of ketones is 1. The smallest absolute Gasteiger partial charge is 0.219 e. The van der Waals surface area contributed by atoms with Crippen molar-refractivity contribution < 1.29 is 9.59 Å². The summed E-state index contributed by atoms with van der Waals surface area (Å²) in [6.45, 7) is 14.8. The van der Waals surface area contributed by atoms with Gasteiger partial charge in [0.25, 0.3) is 0 Å². The molecule has 1 fully saturated rings. The van der Waals surface area contributed by atoms with Crippen molar-refractivity contribution in [3.63, 3.8) is 0 Å².